The van der Waals surface area contributed by atoms with Crippen LogP contribution in [0.15, 0.2) is 24.3 Å². The number of amides is 1. The molecule has 1 aromatic carbocycles. The lowest BCUT2D eigenvalue weighted by atomic mass is 10.1. The van der Waals surface area contributed by atoms with Gasteiger partial charge >= 0.3 is 11.9 Å². The zero-order valence-corrected chi connectivity index (χ0v) is 15.9. The van der Waals surface area contributed by atoms with Crippen LogP contribution in [0, 0.1) is 6.92 Å². The highest BCUT2D eigenvalue weighted by atomic mass is 35.5. The summed E-state index contributed by atoms with van der Waals surface area (Å²) in [5.74, 6) is -1.63. The van der Waals surface area contributed by atoms with Gasteiger partial charge in [0.05, 0.1) is 26.3 Å². The molecular formula is C17H17ClN2O5S. The van der Waals surface area contributed by atoms with Crippen molar-refractivity contribution >= 4 is 51.5 Å². The maximum absolute atomic E-state index is 12.2. The van der Waals surface area contributed by atoms with Crippen molar-refractivity contribution in [2.24, 2.45) is 0 Å². The Bertz CT molecular complexity index is 850. The summed E-state index contributed by atoms with van der Waals surface area (Å²) in [6.07, 6.45) is 0. The Morgan fingerprint density at radius 2 is 1.85 bits per heavy atom. The summed E-state index contributed by atoms with van der Waals surface area (Å²) in [5.41, 5.74) is 1.21. The van der Waals surface area contributed by atoms with Crippen LogP contribution in [-0.2, 0) is 14.3 Å². The number of methoxy groups -OCH3 is 2. The Balaban J connectivity index is 2.17. The molecule has 2 N–H and O–H groups in total. The molecule has 1 aromatic heterocycles. The fraction of sp³-hybridized carbons (Fsp3) is 0.235. The molecule has 0 bridgehead atoms. The van der Waals surface area contributed by atoms with Crippen LogP contribution in [0.4, 0.5) is 10.7 Å². The van der Waals surface area contributed by atoms with E-state index in [2.05, 4.69) is 10.6 Å². The van der Waals surface area contributed by atoms with Crippen molar-refractivity contribution in [1.29, 1.82) is 0 Å². The Morgan fingerprint density at radius 3 is 2.46 bits per heavy atom. The molecule has 0 unspecified atom stereocenters. The van der Waals surface area contributed by atoms with Gasteiger partial charge in [-0.1, -0.05) is 17.7 Å². The lowest BCUT2D eigenvalue weighted by Crippen LogP contribution is -2.22. The zero-order valence-electron chi connectivity index (χ0n) is 14.3. The highest BCUT2D eigenvalue weighted by Crippen LogP contribution is 2.34. The number of thiophene rings is 1. The van der Waals surface area contributed by atoms with E-state index in [1.807, 2.05) is 0 Å². The summed E-state index contributed by atoms with van der Waals surface area (Å²) < 4.78 is 9.44. The number of nitrogens with one attached hydrogen (secondary N) is 2. The number of anilines is 2. The van der Waals surface area contributed by atoms with Crippen LogP contribution in [0.3, 0.4) is 0 Å². The molecule has 2 rings (SSSR count). The molecule has 1 heterocycles. The fourth-order valence-corrected chi connectivity index (χ4v) is 3.51. The number of carbonyl (C=O) groups is 3. The van der Waals surface area contributed by atoms with E-state index < -0.39 is 17.8 Å². The van der Waals surface area contributed by atoms with Crippen LogP contribution in [0.25, 0.3) is 0 Å². The predicted molar refractivity (Wildman–Crippen MR) is 100 cm³/mol. The molecule has 2 aromatic rings. The Labute approximate surface area is 159 Å². The first-order valence-electron chi connectivity index (χ1n) is 7.46. The van der Waals surface area contributed by atoms with Crippen molar-refractivity contribution in [1.82, 2.24) is 0 Å². The standard InChI is InChI=1S/C17H17ClN2O5S/c1-9-13(16(22)24-2)15(26-14(9)17(23)25-3)20-12(21)8-19-11-6-4-5-10(18)7-11/h4-7,19H,8H2,1-3H3,(H,20,21). The first-order chi connectivity index (χ1) is 12.4. The summed E-state index contributed by atoms with van der Waals surface area (Å²) in [6.45, 7) is 1.54. The van der Waals surface area contributed by atoms with Crippen molar-refractivity contribution in [3.05, 3.63) is 45.3 Å². The maximum atomic E-state index is 12.2. The van der Waals surface area contributed by atoms with Gasteiger partial charge in [-0.25, -0.2) is 9.59 Å². The molecule has 0 fully saturated rings. The number of hydrogen-bond donors (Lipinski definition) is 2. The summed E-state index contributed by atoms with van der Waals surface area (Å²) >= 11 is 6.85. The second-order valence-electron chi connectivity index (χ2n) is 5.16. The van der Waals surface area contributed by atoms with Crippen LogP contribution in [0.1, 0.15) is 25.6 Å². The maximum Gasteiger partial charge on any atom is 0.348 e. The Kier molecular flexibility index (Phi) is 6.59. The van der Waals surface area contributed by atoms with Crippen molar-refractivity contribution in [2.45, 2.75) is 6.92 Å². The number of rotatable bonds is 6. The Hall–Kier alpha value is -2.58. The van der Waals surface area contributed by atoms with E-state index in [-0.39, 0.29) is 22.0 Å². The van der Waals surface area contributed by atoms with Crippen LogP contribution in [0.5, 0.6) is 0 Å². The molecule has 138 valence electrons. The van der Waals surface area contributed by atoms with Crippen molar-refractivity contribution < 1.29 is 23.9 Å². The third kappa shape index (κ3) is 4.53. The smallest absolute Gasteiger partial charge is 0.348 e. The summed E-state index contributed by atoms with van der Waals surface area (Å²) in [4.78, 5) is 36.3. The number of halogens is 1. The molecule has 0 aliphatic carbocycles. The number of benzene rings is 1. The van der Waals surface area contributed by atoms with Gasteiger partial charge in [0.15, 0.2) is 0 Å². The number of esters is 2. The molecule has 0 saturated carbocycles. The number of hydrogen-bond acceptors (Lipinski definition) is 7. The lowest BCUT2D eigenvalue weighted by molar-refractivity contribution is -0.114. The van der Waals surface area contributed by atoms with Crippen molar-refractivity contribution in [2.75, 3.05) is 31.4 Å². The molecule has 1 amide bonds. The molecule has 26 heavy (non-hydrogen) atoms. The monoisotopic (exact) mass is 396 g/mol. The average Bonchev–Trinajstić information content (AvgIpc) is 2.94. The van der Waals surface area contributed by atoms with E-state index in [1.54, 1.807) is 31.2 Å². The van der Waals surface area contributed by atoms with Gasteiger partial charge in [-0.15, -0.1) is 11.3 Å². The van der Waals surface area contributed by atoms with Gasteiger partial charge in [0, 0.05) is 10.7 Å². The topological polar surface area (TPSA) is 93.7 Å². The normalized spacial score (nSPS) is 10.2. The highest BCUT2D eigenvalue weighted by Gasteiger charge is 2.26. The first kappa shape index (κ1) is 19.7. The largest absolute Gasteiger partial charge is 0.465 e. The molecule has 7 nitrogen and oxygen atoms in total. The van der Waals surface area contributed by atoms with Gasteiger partial charge in [0.1, 0.15) is 9.88 Å². The van der Waals surface area contributed by atoms with Gasteiger partial charge in [-0.3, -0.25) is 4.79 Å². The minimum Gasteiger partial charge on any atom is -0.465 e. The van der Waals surface area contributed by atoms with Crippen LogP contribution in [0.2, 0.25) is 5.02 Å². The van der Waals surface area contributed by atoms with E-state index in [4.69, 9.17) is 21.1 Å². The number of ether oxygens (including phenoxy) is 2. The van der Waals surface area contributed by atoms with Gasteiger partial charge in [0.2, 0.25) is 5.91 Å². The molecule has 0 aliphatic heterocycles. The van der Waals surface area contributed by atoms with E-state index in [0.717, 1.165) is 11.3 Å². The Morgan fingerprint density at radius 1 is 1.15 bits per heavy atom. The lowest BCUT2D eigenvalue weighted by Gasteiger charge is -2.08. The predicted octanol–water partition coefficient (Wildman–Crippen LogP) is 3.33. The number of carbonyl (C=O) groups excluding carboxylic acids is 3. The van der Waals surface area contributed by atoms with Crippen LogP contribution >= 0.6 is 22.9 Å². The fourth-order valence-electron chi connectivity index (χ4n) is 2.19. The van der Waals surface area contributed by atoms with E-state index in [0.29, 0.717) is 16.3 Å². The summed E-state index contributed by atoms with van der Waals surface area (Å²) in [7, 11) is 2.47. The summed E-state index contributed by atoms with van der Waals surface area (Å²) in [6, 6.07) is 6.92. The van der Waals surface area contributed by atoms with Crippen molar-refractivity contribution in [3.8, 4) is 0 Å². The molecular weight excluding hydrogens is 380 g/mol. The van der Waals surface area contributed by atoms with E-state index in [9.17, 15) is 14.4 Å². The average molecular weight is 397 g/mol. The van der Waals surface area contributed by atoms with Crippen molar-refractivity contribution in [3.63, 3.8) is 0 Å². The highest BCUT2D eigenvalue weighted by molar-refractivity contribution is 7.18. The van der Waals surface area contributed by atoms with Gasteiger partial charge in [0.25, 0.3) is 0 Å². The molecule has 0 atom stereocenters. The van der Waals surface area contributed by atoms with Gasteiger partial charge in [-0.05, 0) is 30.7 Å². The SMILES string of the molecule is COC(=O)c1sc(NC(=O)CNc2cccc(Cl)c2)c(C(=O)OC)c1C. The second-order valence-corrected chi connectivity index (χ2v) is 6.61. The van der Waals surface area contributed by atoms with Crippen LogP contribution < -0.4 is 10.6 Å². The summed E-state index contributed by atoms with van der Waals surface area (Å²) in [5, 5.41) is 6.32. The molecule has 0 spiro atoms. The second kappa shape index (κ2) is 8.68. The molecule has 0 saturated heterocycles. The minimum absolute atomic E-state index is 0.0501. The quantitative estimate of drug-likeness (QED) is 0.727. The third-order valence-corrected chi connectivity index (χ3v) is 4.86. The van der Waals surface area contributed by atoms with E-state index >= 15 is 0 Å². The molecule has 0 radical (unpaired) electrons. The molecule has 9 heteroatoms. The zero-order chi connectivity index (χ0) is 19.3. The van der Waals surface area contributed by atoms with Gasteiger partial charge in [-0.2, -0.15) is 0 Å². The third-order valence-electron chi connectivity index (χ3n) is 3.44. The van der Waals surface area contributed by atoms with Crippen LogP contribution in [-0.4, -0.2) is 38.6 Å². The molecule has 0 aliphatic rings. The first-order valence-corrected chi connectivity index (χ1v) is 8.66. The van der Waals surface area contributed by atoms with Gasteiger partial charge < -0.3 is 20.1 Å². The van der Waals surface area contributed by atoms with E-state index in [1.165, 1.54) is 14.2 Å². The minimum atomic E-state index is -0.646.